The molecule has 0 aliphatic carbocycles. The van der Waals surface area contributed by atoms with E-state index in [2.05, 4.69) is 24.0 Å². The van der Waals surface area contributed by atoms with Crippen molar-refractivity contribution in [1.29, 1.82) is 0 Å². The van der Waals surface area contributed by atoms with Crippen molar-refractivity contribution in [2.75, 3.05) is 32.8 Å². The van der Waals surface area contributed by atoms with Crippen LogP contribution < -0.4 is 9.47 Å². The van der Waals surface area contributed by atoms with Crippen molar-refractivity contribution < 1.29 is 9.47 Å². The molecule has 2 aliphatic heterocycles. The quantitative estimate of drug-likeness (QED) is 0.819. The molecule has 2 heterocycles. The maximum absolute atomic E-state index is 5.65. The summed E-state index contributed by atoms with van der Waals surface area (Å²) in [5, 5.41) is 0. The summed E-state index contributed by atoms with van der Waals surface area (Å²) in [6.07, 6.45) is 2.71. The van der Waals surface area contributed by atoms with Crippen LogP contribution in [-0.2, 0) is 0 Å². The third-order valence-electron chi connectivity index (χ3n) is 3.87. The highest BCUT2D eigenvalue weighted by Crippen LogP contribution is 2.33. The second-order valence-corrected chi connectivity index (χ2v) is 5.31. The van der Waals surface area contributed by atoms with Crippen LogP contribution in [-0.4, -0.2) is 37.7 Å². The molecule has 1 fully saturated rings. The van der Waals surface area contributed by atoms with Crippen LogP contribution in [0.5, 0.6) is 11.5 Å². The summed E-state index contributed by atoms with van der Waals surface area (Å²) in [5.74, 6) is 2.35. The molecule has 3 rings (SSSR count). The highest BCUT2D eigenvalue weighted by atomic mass is 16.6. The van der Waals surface area contributed by atoms with Crippen molar-refractivity contribution in [2.24, 2.45) is 0 Å². The van der Waals surface area contributed by atoms with Gasteiger partial charge in [-0.05, 0) is 49.5 Å². The van der Waals surface area contributed by atoms with E-state index >= 15 is 0 Å². The molecule has 98 valence electrons. The van der Waals surface area contributed by atoms with E-state index in [0.717, 1.165) is 18.0 Å². The van der Waals surface area contributed by atoms with Crippen LogP contribution in [0, 0.1) is 0 Å². The lowest BCUT2D eigenvalue weighted by Gasteiger charge is -2.23. The van der Waals surface area contributed by atoms with Gasteiger partial charge in [-0.1, -0.05) is 13.0 Å². The summed E-state index contributed by atoms with van der Waals surface area (Å²) >= 11 is 0. The van der Waals surface area contributed by atoms with E-state index in [1.165, 1.54) is 31.5 Å². The minimum absolute atomic E-state index is 0.555. The zero-order valence-corrected chi connectivity index (χ0v) is 11.0. The predicted molar refractivity (Wildman–Crippen MR) is 71.5 cm³/mol. The third-order valence-corrected chi connectivity index (χ3v) is 3.87. The molecule has 1 saturated heterocycles. The van der Waals surface area contributed by atoms with Gasteiger partial charge in [-0.3, -0.25) is 0 Å². The lowest BCUT2D eigenvalue weighted by molar-refractivity contribution is 0.171. The maximum Gasteiger partial charge on any atom is 0.161 e. The van der Waals surface area contributed by atoms with E-state index in [1.54, 1.807) is 0 Å². The van der Waals surface area contributed by atoms with Crippen molar-refractivity contribution in [1.82, 2.24) is 4.90 Å². The van der Waals surface area contributed by atoms with Crippen molar-refractivity contribution in [2.45, 2.75) is 25.7 Å². The molecule has 0 aromatic heterocycles. The van der Waals surface area contributed by atoms with Gasteiger partial charge in [0.25, 0.3) is 0 Å². The maximum atomic E-state index is 5.65. The fourth-order valence-corrected chi connectivity index (χ4v) is 2.82. The van der Waals surface area contributed by atoms with Crippen LogP contribution >= 0.6 is 0 Å². The molecule has 0 spiro atoms. The Morgan fingerprint density at radius 1 is 1.11 bits per heavy atom. The minimum Gasteiger partial charge on any atom is -0.486 e. The Kier molecular flexibility index (Phi) is 3.41. The second kappa shape index (κ2) is 5.19. The Hall–Kier alpha value is -1.22. The first-order valence-corrected chi connectivity index (χ1v) is 6.95. The first kappa shape index (κ1) is 11.8. The molecular weight excluding hydrogens is 226 g/mol. The van der Waals surface area contributed by atoms with Gasteiger partial charge in [0.1, 0.15) is 13.2 Å². The van der Waals surface area contributed by atoms with Gasteiger partial charge in [-0.25, -0.2) is 0 Å². The van der Waals surface area contributed by atoms with Gasteiger partial charge in [0.2, 0.25) is 0 Å². The van der Waals surface area contributed by atoms with E-state index in [4.69, 9.17) is 9.47 Å². The van der Waals surface area contributed by atoms with Crippen molar-refractivity contribution in [3.05, 3.63) is 23.8 Å². The van der Waals surface area contributed by atoms with Crippen molar-refractivity contribution in [3.8, 4) is 11.5 Å². The number of hydrogen-bond donors (Lipinski definition) is 0. The summed E-state index contributed by atoms with van der Waals surface area (Å²) in [4.78, 5) is 2.56. The molecule has 1 atom stereocenters. The monoisotopic (exact) mass is 247 g/mol. The molecule has 1 aromatic carbocycles. The number of benzene rings is 1. The predicted octanol–water partition coefficient (Wildman–Crippen LogP) is 2.66. The Morgan fingerprint density at radius 2 is 1.83 bits per heavy atom. The second-order valence-electron chi connectivity index (χ2n) is 5.31. The molecule has 0 radical (unpaired) electrons. The molecule has 2 aliphatic rings. The van der Waals surface area contributed by atoms with E-state index in [1.807, 2.05) is 6.07 Å². The third kappa shape index (κ3) is 2.46. The van der Waals surface area contributed by atoms with Crippen molar-refractivity contribution >= 4 is 0 Å². The Balaban J connectivity index is 1.70. The van der Waals surface area contributed by atoms with Gasteiger partial charge in [0.15, 0.2) is 11.5 Å². The van der Waals surface area contributed by atoms with Crippen LogP contribution in [0.3, 0.4) is 0 Å². The largest absolute Gasteiger partial charge is 0.486 e. The molecule has 0 N–H and O–H groups in total. The van der Waals surface area contributed by atoms with Crippen LogP contribution in [0.2, 0.25) is 0 Å². The fraction of sp³-hybridized carbons (Fsp3) is 0.600. The van der Waals surface area contributed by atoms with E-state index in [0.29, 0.717) is 19.1 Å². The zero-order chi connectivity index (χ0) is 12.4. The highest BCUT2D eigenvalue weighted by Gasteiger charge is 2.18. The van der Waals surface area contributed by atoms with Gasteiger partial charge in [0, 0.05) is 6.54 Å². The molecule has 3 heteroatoms. The first-order chi connectivity index (χ1) is 8.83. The van der Waals surface area contributed by atoms with E-state index < -0.39 is 0 Å². The number of likely N-dealkylation sites (tertiary alicyclic amines) is 1. The Bertz CT molecular complexity index is 413. The average molecular weight is 247 g/mol. The van der Waals surface area contributed by atoms with Crippen LogP contribution in [0.1, 0.15) is 31.2 Å². The lowest BCUT2D eigenvalue weighted by atomic mass is 10.00. The molecule has 0 saturated carbocycles. The van der Waals surface area contributed by atoms with Crippen molar-refractivity contribution in [3.63, 3.8) is 0 Å². The normalized spacial score (nSPS) is 20.9. The van der Waals surface area contributed by atoms with Gasteiger partial charge in [-0.15, -0.1) is 0 Å². The number of rotatable bonds is 3. The number of fused-ring (bicyclic) bond motifs is 1. The van der Waals surface area contributed by atoms with Gasteiger partial charge in [0.05, 0.1) is 0 Å². The minimum atomic E-state index is 0.555. The first-order valence-electron chi connectivity index (χ1n) is 6.95. The summed E-state index contributed by atoms with van der Waals surface area (Å²) in [6, 6.07) is 6.37. The number of nitrogens with zero attached hydrogens (tertiary/aromatic N) is 1. The smallest absolute Gasteiger partial charge is 0.161 e. The average Bonchev–Trinajstić information content (AvgIpc) is 2.91. The molecule has 1 unspecified atom stereocenters. The molecule has 3 nitrogen and oxygen atoms in total. The number of ether oxygens (including phenoxy) is 2. The van der Waals surface area contributed by atoms with Crippen LogP contribution in [0.15, 0.2) is 18.2 Å². The Labute approximate surface area is 109 Å². The number of hydrogen-bond acceptors (Lipinski definition) is 3. The SMILES string of the molecule is CC(CN1CCCC1)c1ccc2c(c1)OCCO2. The molecular formula is C15H21NO2. The molecule has 0 bridgehead atoms. The lowest BCUT2D eigenvalue weighted by Crippen LogP contribution is -2.24. The topological polar surface area (TPSA) is 21.7 Å². The summed E-state index contributed by atoms with van der Waals surface area (Å²) < 4.78 is 11.2. The summed E-state index contributed by atoms with van der Waals surface area (Å²) in [5.41, 5.74) is 1.35. The van der Waals surface area contributed by atoms with Gasteiger partial charge >= 0.3 is 0 Å². The summed E-state index contributed by atoms with van der Waals surface area (Å²) in [6.45, 7) is 7.29. The molecule has 18 heavy (non-hydrogen) atoms. The zero-order valence-electron chi connectivity index (χ0n) is 11.0. The Morgan fingerprint density at radius 3 is 2.61 bits per heavy atom. The summed E-state index contributed by atoms with van der Waals surface area (Å²) in [7, 11) is 0. The molecule has 1 aromatic rings. The van der Waals surface area contributed by atoms with Gasteiger partial charge in [-0.2, -0.15) is 0 Å². The van der Waals surface area contributed by atoms with Gasteiger partial charge < -0.3 is 14.4 Å². The molecule has 0 amide bonds. The fourth-order valence-electron chi connectivity index (χ4n) is 2.82. The van der Waals surface area contributed by atoms with E-state index in [-0.39, 0.29) is 0 Å². The highest BCUT2D eigenvalue weighted by molar-refractivity contribution is 5.44. The van der Waals surface area contributed by atoms with E-state index in [9.17, 15) is 0 Å². The van der Waals surface area contributed by atoms with Crippen LogP contribution in [0.4, 0.5) is 0 Å². The standard InChI is InChI=1S/C15H21NO2/c1-12(11-16-6-2-3-7-16)13-4-5-14-15(10-13)18-9-8-17-14/h4-5,10,12H,2-3,6-9,11H2,1H3. The van der Waals surface area contributed by atoms with Crippen LogP contribution in [0.25, 0.3) is 0 Å².